The standard InChI is InChI=1S/C14H22N2O2/c1-2-3-4-5-6-7-11-15-13-10-8-9-12(16-13)14(17)18/h8-10H,2-7,11H2,1H3,(H,15,16)(H,17,18). The summed E-state index contributed by atoms with van der Waals surface area (Å²) >= 11 is 0. The van der Waals surface area contributed by atoms with Gasteiger partial charge in [-0.2, -0.15) is 0 Å². The molecule has 0 radical (unpaired) electrons. The van der Waals surface area contributed by atoms with Gasteiger partial charge in [0, 0.05) is 6.54 Å². The molecule has 4 nitrogen and oxygen atoms in total. The van der Waals surface area contributed by atoms with Crippen molar-refractivity contribution in [2.75, 3.05) is 11.9 Å². The molecule has 18 heavy (non-hydrogen) atoms. The number of hydrogen-bond acceptors (Lipinski definition) is 3. The van der Waals surface area contributed by atoms with Crippen LogP contribution in [-0.4, -0.2) is 22.6 Å². The smallest absolute Gasteiger partial charge is 0.354 e. The van der Waals surface area contributed by atoms with Crippen LogP contribution in [0.25, 0.3) is 0 Å². The Morgan fingerprint density at radius 1 is 1.22 bits per heavy atom. The zero-order valence-electron chi connectivity index (χ0n) is 11.0. The van der Waals surface area contributed by atoms with E-state index >= 15 is 0 Å². The summed E-state index contributed by atoms with van der Waals surface area (Å²) in [6.45, 7) is 3.06. The number of aromatic nitrogens is 1. The van der Waals surface area contributed by atoms with Crippen LogP contribution in [0, 0.1) is 0 Å². The van der Waals surface area contributed by atoms with E-state index in [1.807, 2.05) is 0 Å². The number of rotatable bonds is 9. The summed E-state index contributed by atoms with van der Waals surface area (Å²) in [5.74, 6) is -0.346. The fourth-order valence-corrected chi connectivity index (χ4v) is 1.77. The molecule has 1 rings (SSSR count). The van der Waals surface area contributed by atoms with E-state index in [4.69, 9.17) is 5.11 Å². The Bertz CT molecular complexity index is 367. The monoisotopic (exact) mass is 250 g/mol. The molecule has 0 atom stereocenters. The summed E-state index contributed by atoms with van der Waals surface area (Å²) in [6, 6.07) is 5.00. The largest absolute Gasteiger partial charge is 0.477 e. The van der Waals surface area contributed by atoms with Gasteiger partial charge in [0.05, 0.1) is 0 Å². The molecule has 0 aliphatic heterocycles. The van der Waals surface area contributed by atoms with Crippen molar-refractivity contribution in [1.29, 1.82) is 0 Å². The molecule has 0 unspecified atom stereocenters. The first-order chi connectivity index (χ1) is 8.74. The van der Waals surface area contributed by atoms with Crippen LogP contribution >= 0.6 is 0 Å². The summed E-state index contributed by atoms with van der Waals surface area (Å²) in [4.78, 5) is 14.7. The van der Waals surface area contributed by atoms with Crippen LogP contribution in [0.1, 0.15) is 55.9 Å². The lowest BCUT2D eigenvalue weighted by molar-refractivity contribution is 0.0690. The number of nitrogens with one attached hydrogen (secondary N) is 1. The molecule has 0 fully saturated rings. The molecule has 0 aliphatic carbocycles. The van der Waals surface area contributed by atoms with Crippen molar-refractivity contribution in [3.05, 3.63) is 23.9 Å². The van der Waals surface area contributed by atoms with Crippen LogP contribution in [0.5, 0.6) is 0 Å². The van der Waals surface area contributed by atoms with Crippen molar-refractivity contribution in [1.82, 2.24) is 4.98 Å². The maximum atomic E-state index is 10.7. The van der Waals surface area contributed by atoms with Crippen molar-refractivity contribution in [2.45, 2.75) is 45.4 Å². The van der Waals surface area contributed by atoms with Crippen LogP contribution in [0.15, 0.2) is 18.2 Å². The molecule has 0 aromatic carbocycles. The molecule has 0 amide bonds. The van der Waals surface area contributed by atoms with Gasteiger partial charge in [-0.25, -0.2) is 9.78 Å². The number of unbranched alkanes of at least 4 members (excludes halogenated alkanes) is 5. The quantitative estimate of drug-likeness (QED) is 0.658. The fourth-order valence-electron chi connectivity index (χ4n) is 1.77. The number of carboxylic acids is 1. The third-order valence-corrected chi connectivity index (χ3v) is 2.80. The van der Waals surface area contributed by atoms with Gasteiger partial charge in [0.25, 0.3) is 0 Å². The van der Waals surface area contributed by atoms with Gasteiger partial charge in [-0.3, -0.25) is 0 Å². The van der Waals surface area contributed by atoms with Gasteiger partial charge < -0.3 is 10.4 Å². The lowest BCUT2D eigenvalue weighted by atomic mass is 10.1. The van der Waals surface area contributed by atoms with E-state index in [9.17, 15) is 4.79 Å². The Hall–Kier alpha value is -1.58. The average molecular weight is 250 g/mol. The summed E-state index contributed by atoms with van der Waals surface area (Å²) < 4.78 is 0. The van der Waals surface area contributed by atoms with Gasteiger partial charge in [0.2, 0.25) is 0 Å². The van der Waals surface area contributed by atoms with E-state index in [1.54, 1.807) is 12.1 Å². The zero-order chi connectivity index (χ0) is 13.2. The van der Waals surface area contributed by atoms with E-state index in [-0.39, 0.29) is 5.69 Å². The highest BCUT2D eigenvalue weighted by Crippen LogP contribution is 2.07. The number of aromatic carboxylic acids is 1. The van der Waals surface area contributed by atoms with E-state index in [2.05, 4.69) is 17.2 Å². The minimum absolute atomic E-state index is 0.0861. The molecule has 2 N–H and O–H groups in total. The van der Waals surface area contributed by atoms with Crippen molar-refractivity contribution < 1.29 is 9.90 Å². The molecule has 0 spiro atoms. The molecule has 0 saturated heterocycles. The number of hydrogen-bond donors (Lipinski definition) is 2. The predicted molar refractivity (Wildman–Crippen MR) is 73.1 cm³/mol. The molecule has 1 aromatic rings. The Morgan fingerprint density at radius 2 is 1.94 bits per heavy atom. The fraction of sp³-hybridized carbons (Fsp3) is 0.571. The van der Waals surface area contributed by atoms with Crippen molar-refractivity contribution in [3.63, 3.8) is 0 Å². The van der Waals surface area contributed by atoms with Gasteiger partial charge in [-0.1, -0.05) is 45.1 Å². The van der Waals surface area contributed by atoms with E-state index in [0.29, 0.717) is 5.82 Å². The number of nitrogens with zero attached hydrogens (tertiary/aromatic N) is 1. The van der Waals surface area contributed by atoms with E-state index < -0.39 is 5.97 Å². The summed E-state index contributed by atoms with van der Waals surface area (Å²) in [6.07, 6.45) is 7.48. The molecule has 1 heterocycles. The second kappa shape index (κ2) is 8.50. The highest BCUT2D eigenvalue weighted by Gasteiger charge is 2.04. The molecule has 1 aromatic heterocycles. The van der Waals surface area contributed by atoms with Gasteiger partial charge in [-0.15, -0.1) is 0 Å². The van der Waals surface area contributed by atoms with Crippen LogP contribution in [0.4, 0.5) is 5.82 Å². The van der Waals surface area contributed by atoms with E-state index in [1.165, 1.54) is 38.2 Å². The first kappa shape index (κ1) is 14.5. The molecule has 0 bridgehead atoms. The second-order valence-corrected chi connectivity index (χ2v) is 4.41. The highest BCUT2D eigenvalue weighted by atomic mass is 16.4. The van der Waals surface area contributed by atoms with Crippen LogP contribution in [0.2, 0.25) is 0 Å². The molecule has 0 saturated carbocycles. The van der Waals surface area contributed by atoms with Gasteiger partial charge in [0.15, 0.2) is 5.69 Å². The maximum Gasteiger partial charge on any atom is 0.354 e. The normalized spacial score (nSPS) is 10.3. The Labute approximate surface area is 108 Å². The van der Waals surface area contributed by atoms with E-state index in [0.717, 1.165) is 13.0 Å². The van der Waals surface area contributed by atoms with Gasteiger partial charge in [-0.05, 0) is 18.6 Å². The van der Waals surface area contributed by atoms with Crippen molar-refractivity contribution in [3.8, 4) is 0 Å². The molecule has 100 valence electrons. The minimum atomic E-state index is -0.988. The third kappa shape index (κ3) is 5.66. The third-order valence-electron chi connectivity index (χ3n) is 2.80. The predicted octanol–water partition coefficient (Wildman–Crippen LogP) is 3.55. The topological polar surface area (TPSA) is 62.2 Å². The second-order valence-electron chi connectivity index (χ2n) is 4.41. The summed E-state index contributed by atoms with van der Waals surface area (Å²) in [7, 11) is 0. The number of pyridine rings is 1. The van der Waals surface area contributed by atoms with Gasteiger partial charge >= 0.3 is 5.97 Å². The highest BCUT2D eigenvalue weighted by molar-refractivity contribution is 5.85. The van der Waals surface area contributed by atoms with Crippen molar-refractivity contribution >= 4 is 11.8 Å². The molecule has 4 heteroatoms. The first-order valence-corrected chi connectivity index (χ1v) is 6.68. The van der Waals surface area contributed by atoms with Crippen molar-refractivity contribution in [2.24, 2.45) is 0 Å². The van der Waals surface area contributed by atoms with Crippen LogP contribution in [0.3, 0.4) is 0 Å². The van der Waals surface area contributed by atoms with Crippen LogP contribution < -0.4 is 5.32 Å². The Morgan fingerprint density at radius 3 is 2.67 bits per heavy atom. The Kier molecular flexibility index (Phi) is 6.84. The zero-order valence-corrected chi connectivity index (χ0v) is 11.0. The Balaban J connectivity index is 2.19. The number of anilines is 1. The minimum Gasteiger partial charge on any atom is -0.477 e. The number of carboxylic acid groups (broad SMARTS) is 1. The van der Waals surface area contributed by atoms with Gasteiger partial charge in [0.1, 0.15) is 5.82 Å². The summed E-state index contributed by atoms with van der Waals surface area (Å²) in [5, 5.41) is 12.0. The molecular formula is C14H22N2O2. The first-order valence-electron chi connectivity index (χ1n) is 6.68. The summed E-state index contributed by atoms with van der Waals surface area (Å²) in [5.41, 5.74) is 0.0861. The maximum absolute atomic E-state index is 10.7. The lowest BCUT2D eigenvalue weighted by Crippen LogP contribution is -2.06. The molecular weight excluding hydrogens is 228 g/mol. The van der Waals surface area contributed by atoms with Crippen LogP contribution in [-0.2, 0) is 0 Å². The SMILES string of the molecule is CCCCCCCCNc1cccc(C(=O)O)n1. The molecule has 0 aliphatic rings. The lowest BCUT2D eigenvalue weighted by Gasteiger charge is -2.06. The average Bonchev–Trinajstić information content (AvgIpc) is 2.38. The number of carbonyl (C=O) groups is 1.